The van der Waals surface area contributed by atoms with Gasteiger partial charge in [0.2, 0.25) is 5.91 Å². The van der Waals surface area contributed by atoms with Gasteiger partial charge in [-0.1, -0.05) is 35.3 Å². The quantitative estimate of drug-likeness (QED) is 0.594. The van der Waals surface area contributed by atoms with Gasteiger partial charge in [0.25, 0.3) is 0 Å². The number of hydrogen-bond donors (Lipinski definition) is 3. The van der Waals surface area contributed by atoms with E-state index < -0.39 is 0 Å². The maximum absolute atomic E-state index is 12.1. The lowest BCUT2D eigenvalue weighted by molar-refractivity contribution is -0.117. The highest BCUT2D eigenvalue weighted by Gasteiger charge is 2.29. The van der Waals surface area contributed by atoms with Crippen molar-refractivity contribution in [1.82, 2.24) is 10.6 Å². The molecule has 1 aliphatic carbocycles. The van der Waals surface area contributed by atoms with Crippen LogP contribution in [0.2, 0.25) is 10.0 Å². The fraction of sp³-hybridized carbons (Fsp3) is 0.333. The molecule has 0 spiro atoms. The monoisotopic (exact) mass is 419 g/mol. The van der Waals surface area contributed by atoms with E-state index in [1.165, 1.54) is 0 Å². The summed E-state index contributed by atoms with van der Waals surface area (Å²) in [5.41, 5.74) is 2.70. The highest BCUT2D eigenvalue weighted by atomic mass is 35.5. The second-order valence-electron chi connectivity index (χ2n) is 7.04. The van der Waals surface area contributed by atoms with E-state index in [0.717, 1.165) is 29.7 Å². The number of amides is 3. The first kappa shape index (κ1) is 20.5. The number of carbonyl (C=O) groups is 2. The molecule has 0 saturated heterocycles. The molecular formula is C21H23Cl2N3O2. The molecule has 2 aromatic rings. The highest BCUT2D eigenvalue weighted by Crippen LogP contribution is 2.30. The minimum absolute atomic E-state index is 0.0827. The molecule has 3 N–H and O–H groups in total. The standard InChI is InChI=1S/C21H23Cl2N3O2/c1-13(15-4-6-19(7-5-15)26-20(27)16-2-3-16)25-21(28)24-9-8-14-10-17(22)12-18(23)11-14/h4-7,10-13,16H,2-3,8-9H2,1H3,(H,26,27)(H2,24,25,28). The third-order valence-corrected chi connectivity index (χ3v) is 5.03. The molecule has 7 heteroatoms. The van der Waals surface area contributed by atoms with E-state index >= 15 is 0 Å². The normalized spacial score (nSPS) is 14.2. The molecule has 0 radical (unpaired) electrons. The van der Waals surface area contributed by atoms with Gasteiger partial charge >= 0.3 is 6.03 Å². The molecule has 1 fully saturated rings. The van der Waals surface area contributed by atoms with E-state index in [9.17, 15) is 9.59 Å². The maximum Gasteiger partial charge on any atom is 0.315 e. The Hall–Kier alpha value is -2.24. The van der Waals surface area contributed by atoms with Crippen LogP contribution in [0.3, 0.4) is 0 Å². The van der Waals surface area contributed by atoms with Gasteiger partial charge in [-0.2, -0.15) is 0 Å². The third-order valence-electron chi connectivity index (χ3n) is 4.60. The average Bonchev–Trinajstić information content (AvgIpc) is 3.46. The molecule has 3 rings (SSSR count). The van der Waals surface area contributed by atoms with E-state index in [0.29, 0.717) is 23.0 Å². The van der Waals surface area contributed by atoms with Crippen LogP contribution in [0.4, 0.5) is 10.5 Å². The second-order valence-corrected chi connectivity index (χ2v) is 7.91. The van der Waals surface area contributed by atoms with E-state index in [2.05, 4.69) is 16.0 Å². The summed E-state index contributed by atoms with van der Waals surface area (Å²) in [5, 5.41) is 9.80. The molecule has 0 bridgehead atoms. The van der Waals surface area contributed by atoms with Crippen molar-refractivity contribution in [3.05, 3.63) is 63.6 Å². The number of urea groups is 1. The van der Waals surface area contributed by atoms with Crippen molar-refractivity contribution in [2.45, 2.75) is 32.2 Å². The third kappa shape index (κ3) is 6.14. The fourth-order valence-corrected chi connectivity index (χ4v) is 3.42. The summed E-state index contributed by atoms with van der Waals surface area (Å²) >= 11 is 12.0. The Morgan fingerprint density at radius 3 is 2.32 bits per heavy atom. The Morgan fingerprint density at radius 1 is 1.07 bits per heavy atom. The Balaban J connectivity index is 1.43. The van der Waals surface area contributed by atoms with E-state index in [1.807, 2.05) is 43.3 Å². The zero-order chi connectivity index (χ0) is 20.1. The summed E-state index contributed by atoms with van der Waals surface area (Å²) in [7, 11) is 0. The number of carbonyl (C=O) groups excluding carboxylic acids is 2. The Kier molecular flexibility index (Phi) is 6.81. The van der Waals surface area contributed by atoms with Gasteiger partial charge in [-0.05, 0) is 67.6 Å². The van der Waals surface area contributed by atoms with Crippen LogP contribution in [0.5, 0.6) is 0 Å². The van der Waals surface area contributed by atoms with Gasteiger partial charge in [-0.15, -0.1) is 0 Å². The zero-order valence-electron chi connectivity index (χ0n) is 15.6. The summed E-state index contributed by atoms with van der Waals surface area (Å²) in [6.45, 7) is 2.38. The SMILES string of the molecule is CC(NC(=O)NCCc1cc(Cl)cc(Cl)c1)c1ccc(NC(=O)C2CC2)cc1. The number of hydrogen-bond acceptors (Lipinski definition) is 2. The first-order valence-electron chi connectivity index (χ1n) is 9.31. The van der Waals surface area contributed by atoms with Gasteiger partial charge in [0, 0.05) is 28.2 Å². The lowest BCUT2D eigenvalue weighted by Crippen LogP contribution is -2.38. The van der Waals surface area contributed by atoms with Gasteiger partial charge in [0.15, 0.2) is 0 Å². The summed E-state index contributed by atoms with van der Waals surface area (Å²) in [4.78, 5) is 23.9. The largest absolute Gasteiger partial charge is 0.338 e. The molecule has 1 atom stereocenters. The van der Waals surface area contributed by atoms with Gasteiger partial charge in [0.1, 0.15) is 0 Å². The molecule has 2 aromatic carbocycles. The summed E-state index contributed by atoms with van der Waals surface area (Å²) in [6, 6.07) is 12.5. The van der Waals surface area contributed by atoms with Crippen LogP contribution in [-0.2, 0) is 11.2 Å². The van der Waals surface area contributed by atoms with Crippen LogP contribution < -0.4 is 16.0 Å². The van der Waals surface area contributed by atoms with Gasteiger partial charge in [0.05, 0.1) is 6.04 Å². The van der Waals surface area contributed by atoms with Crippen LogP contribution in [0, 0.1) is 5.92 Å². The lowest BCUT2D eigenvalue weighted by Gasteiger charge is -2.16. The molecule has 1 saturated carbocycles. The first-order valence-corrected chi connectivity index (χ1v) is 10.1. The molecular weight excluding hydrogens is 397 g/mol. The van der Waals surface area contributed by atoms with Crippen LogP contribution in [0.15, 0.2) is 42.5 Å². The molecule has 5 nitrogen and oxygen atoms in total. The molecule has 1 aliphatic rings. The second kappa shape index (κ2) is 9.30. The molecule has 0 aliphatic heterocycles. The zero-order valence-corrected chi connectivity index (χ0v) is 17.1. The van der Waals surface area contributed by atoms with Crippen molar-refractivity contribution in [2.75, 3.05) is 11.9 Å². The summed E-state index contributed by atoms with van der Waals surface area (Å²) < 4.78 is 0. The number of benzene rings is 2. The van der Waals surface area contributed by atoms with Crippen molar-refractivity contribution in [3.8, 4) is 0 Å². The van der Waals surface area contributed by atoms with Crippen LogP contribution in [0.25, 0.3) is 0 Å². The Morgan fingerprint density at radius 2 is 1.71 bits per heavy atom. The van der Waals surface area contributed by atoms with Crippen molar-refractivity contribution < 1.29 is 9.59 Å². The summed E-state index contributed by atoms with van der Waals surface area (Å²) in [6.07, 6.45) is 2.59. The predicted octanol–water partition coefficient (Wildman–Crippen LogP) is 4.94. The average molecular weight is 420 g/mol. The number of anilines is 1. The number of rotatable bonds is 7. The molecule has 0 heterocycles. The molecule has 1 unspecified atom stereocenters. The molecule has 0 aromatic heterocycles. The number of halogens is 2. The first-order chi connectivity index (χ1) is 13.4. The van der Waals surface area contributed by atoms with Gasteiger partial charge in [-0.25, -0.2) is 4.79 Å². The maximum atomic E-state index is 12.1. The molecule has 28 heavy (non-hydrogen) atoms. The van der Waals surface area contributed by atoms with Crippen LogP contribution in [0.1, 0.15) is 36.9 Å². The smallest absolute Gasteiger partial charge is 0.315 e. The van der Waals surface area contributed by atoms with Crippen molar-refractivity contribution >= 4 is 40.8 Å². The minimum atomic E-state index is -0.244. The molecule has 3 amide bonds. The van der Waals surface area contributed by atoms with E-state index in [-0.39, 0.29) is 23.9 Å². The predicted molar refractivity (Wildman–Crippen MR) is 113 cm³/mol. The van der Waals surface area contributed by atoms with Crippen LogP contribution >= 0.6 is 23.2 Å². The van der Waals surface area contributed by atoms with E-state index in [1.54, 1.807) is 6.07 Å². The molecule has 148 valence electrons. The van der Waals surface area contributed by atoms with Gasteiger partial charge < -0.3 is 16.0 Å². The van der Waals surface area contributed by atoms with Crippen molar-refractivity contribution in [3.63, 3.8) is 0 Å². The van der Waals surface area contributed by atoms with Gasteiger partial charge in [-0.3, -0.25) is 4.79 Å². The number of nitrogens with one attached hydrogen (secondary N) is 3. The van der Waals surface area contributed by atoms with Crippen LogP contribution in [-0.4, -0.2) is 18.5 Å². The summed E-state index contributed by atoms with van der Waals surface area (Å²) in [5.74, 6) is 0.256. The minimum Gasteiger partial charge on any atom is -0.338 e. The topological polar surface area (TPSA) is 70.2 Å². The fourth-order valence-electron chi connectivity index (χ4n) is 2.85. The van der Waals surface area contributed by atoms with Crippen molar-refractivity contribution in [2.24, 2.45) is 5.92 Å². The lowest BCUT2D eigenvalue weighted by atomic mass is 10.1. The Labute approximate surface area is 174 Å². The van der Waals surface area contributed by atoms with Crippen molar-refractivity contribution in [1.29, 1.82) is 0 Å². The van der Waals surface area contributed by atoms with E-state index in [4.69, 9.17) is 23.2 Å². The Bertz CT molecular complexity index is 831. The highest BCUT2D eigenvalue weighted by molar-refractivity contribution is 6.34.